The third kappa shape index (κ3) is 5.49. The molecule has 1 amide bonds. The zero-order chi connectivity index (χ0) is 15.0. The molecule has 2 atom stereocenters. The zero-order valence-electron chi connectivity index (χ0n) is 13.7. The second-order valence-corrected chi connectivity index (χ2v) is 5.56. The molecular weight excluding hydrogens is 240 g/mol. The van der Waals surface area contributed by atoms with Crippen molar-refractivity contribution in [1.29, 1.82) is 0 Å². The average molecular weight is 272 g/mol. The first-order valence-corrected chi connectivity index (χ1v) is 7.42. The lowest BCUT2D eigenvalue weighted by molar-refractivity contribution is -0.126. The van der Waals surface area contributed by atoms with E-state index >= 15 is 0 Å². The van der Waals surface area contributed by atoms with E-state index < -0.39 is 0 Å². The third-order valence-corrected chi connectivity index (χ3v) is 3.66. The first-order chi connectivity index (χ1) is 8.99. The van der Waals surface area contributed by atoms with Gasteiger partial charge in [0.1, 0.15) is 0 Å². The molecule has 0 bridgehead atoms. The van der Waals surface area contributed by atoms with Gasteiger partial charge in [-0.2, -0.15) is 0 Å². The lowest BCUT2D eigenvalue weighted by Gasteiger charge is -2.42. The molecule has 1 aliphatic rings. The Morgan fingerprint density at radius 1 is 1.32 bits per heavy atom. The molecule has 0 aromatic heterocycles. The Labute approximate surface area is 119 Å². The van der Waals surface area contributed by atoms with Crippen LogP contribution in [0.2, 0.25) is 0 Å². The lowest BCUT2D eigenvalue weighted by Crippen LogP contribution is -2.54. The van der Waals surface area contributed by atoms with Crippen molar-refractivity contribution in [3.63, 3.8) is 0 Å². The van der Waals surface area contributed by atoms with Gasteiger partial charge >= 0.3 is 0 Å². The van der Waals surface area contributed by atoms with Crippen molar-refractivity contribution in [2.45, 2.75) is 46.8 Å². The molecule has 19 heavy (non-hydrogen) atoms. The fourth-order valence-electron chi connectivity index (χ4n) is 2.81. The molecule has 1 heterocycles. The van der Waals surface area contributed by atoms with Gasteiger partial charge in [-0.3, -0.25) is 4.79 Å². The minimum atomic E-state index is 0.0815. The first-order valence-electron chi connectivity index (χ1n) is 7.42. The molecular formula is C15H32N2O2. The minimum absolute atomic E-state index is 0.0815. The van der Waals surface area contributed by atoms with Crippen molar-refractivity contribution in [2.24, 2.45) is 11.8 Å². The number of carbonyl (C=O) groups is 1. The van der Waals surface area contributed by atoms with Crippen LogP contribution in [0.5, 0.6) is 0 Å². The van der Waals surface area contributed by atoms with Gasteiger partial charge in [0.2, 0.25) is 6.41 Å². The van der Waals surface area contributed by atoms with Crippen LogP contribution >= 0.6 is 0 Å². The smallest absolute Gasteiger partial charge is 0.210 e. The summed E-state index contributed by atoms with van der Waals surface area (Å²) in [5.41, 5.74) is 0. The Kier molecular flexibility index (Phi) is 9.02. The molecule has 0 saturated carbocycles. The van der Waals surface area contributed by atoms with Crippen LogP contribution < -0.4 is 0 Å². The van der Waals surface area contributed by atoms with E-state index in [-0.39, 0.29) is 12.1 Å². The van der Waals surface area contributed by atoms with Crippen molar-refractivity contribution in [1.82, 2.24) is 9.80 Å². The predicted molar refractivity (Wildman–Crippen MR) is 80.2 cm³/mol. The molecule has 2 unspecified atom stereocenters. The van der Waals surface area contributed by atoms with Gasteiger partial charge in [-0.05, 0) is 19.9 Å². The van der Waals surface area contributed by atoms with Gasteiger partial charge in [-0.25, -0.2) is 0 Å². The fourth-order valence-corrected chi connectivity index (χ4v) is 2.81. The molecule has 0 spiro atoms. The van der Waals surface area contributed by atoms with Crippen LogP contribution in [0.4, 0.5) is 0 Å². The predicted octanol–water partition coefficient (Wildman–Crippen LogP) is 2.09. The number of hydrogen-bond acceptors (Lipinski definition) is 3. The van der Waals surface area contributed by atoms with E-state index in [1.807, 2.05) is 25.7 Å². The van der Waals surface area contributed by atoms with E-state index in [2.05, 4.69) is 25.8 Å². The molecule has 4 nitrogen and oxygen atoms in total. The molecule has 114 valence electrons. The highest BCUT2D eigenvalue weighted by molar-refractivity contribution is 5.48. The Hall–Kier alpha value is -0.610. The molecule has 1 rings (SSSR count). The summed E-state index contributed by atoms with van der Waals surface area (Å²) in [6.07, 6.45) is 1.07. The molecule has 0 radical (unpaired) electrons. The van der Waals surface area contributed by atoms with Gasteiger partial charge in [0.25, 0.3) is 0 Å². The van der Waals surface area contributed by atoms with Gasteiger partial charge in [-0.1, -0.05) is 27.7 Å². The van der Waals surface area contributed by atoms with E-state index in [1.54, 1.807) is 7.11 Å². The maximum Gasteiger partial charge on any atom is 0.210 e. The molecule has 0 N–H and O–H groups in total. The van der Waals surface area contributed by atoms with Gasteiger partial charge in [0.05, 0.1) is 12.1 Å². The van der Waals surface area contributed by atoms with Crippen LogP contribution in [0.3, 0.4) is 0 Å². The summed E-state index contributed by atoms with van der Waals surface area (Å²) >= 11 is 0. The third-order valence-electron chi connectivity index (χ3n) is 3.66. The summed E-state index contributed by atoms with van der Waals surface area (Å²) in [5.74, 6) is 1.03. The van der Waals surface area contributed by atoms with Crippen LogP contribution in [0, 0.1) is 11.8 Å². The maximum absolute atomic E-state index is 11.3. The SMILES string of the molecule is CC.COC(C)C(C(C)C)N(C=O)CC1CN(C)C1. The molecule has 1 aliphatic heterocycles. The number of rotatable bonds is 7. The van der Waals surface area contributed by atoms with Gasteiger partial charge in [0.15, 0.2) is 0 Å². The van der Waals surface area contributed by atoms with Crippen LogP contribution in [0.25, 0.3) is 0 Å². The van der Waals surface area contributed by atoms with Crippen molar-refractivity contribution in [2.75, 3.05) is 33.8 Å². The number of methoxy groups -OCH3 is 1. The van der Waals surface area contributed by atoms with E-state index in [0.717, 1.165) is 26.0 Å². The molecule has 0 aromatic rings. The minimum Gasteiger partial charge on any atom is -0.380 e. The second kappa shape index (κ2) is 9.32. The molecule has 4 heteroatoms. The summed E-state index contributed by atoms with van der Waals surface area (Å²) < 4.78 is 5.40. The van der Waals surface area contributed by atoms with Crippen molar-refractivity contribution < 1.29 is 9.53 Å². The van der Waals surface area contributed by atoms with Gasteiger partial charge in [-0.15, -0.1) is 0 Å². The van der Waals surface area contributed by atoms with E-state index in [9.17, 15) is 4.79 Å². The van der Waals surface area contributed by atoms with Crippen LogP contribution in [0.15, 0.2) is 0 Å². The number of hydrogen-bond donors (Lipinski definition) is 0. The van der Waals surface area contributed by atoms with E-state index in [1.165, 1.54) is 0 Å². The normalized spacial score (nSPS) is 19.2. The number of likely N-dealkylation sites (tertiary alicyclic amines) is 1. The Morgan fingerprint density at radius 2 is 1.84 bits per heavy atom. The van der Waals surface area contributed by atoms with Crippen LogP contribution in [-0.4, -0.2) is 62.1 Å². The van der Waals surface area contributed by atoms with Gasteiger partial charge in [0, 0.05) is 32.7 Å². The van der Waals surface area contributed by atoms with E-state index in [0.29, 0.717) is 11.8 Å². The van der Waals surface area contributed by atoms with E-state index in [4.69, 9.17) is 4.74 Å². The summed E-state index contributed by atoms with van der Waals surface area (Å²) in [6.45, 7) is 13.4. The fraction of sp³-hybridized carbons (Fsp3) is 0.933. The Bertz CT molecular complexity index is 240. The van der Waals surface area contributed by atoms with Gasteiger partial charge < -0.3 is 14.5 Å². The molecule has 1 saturated heterocycles. The standard InChI is InChI=1S/C13H26N2O2.C2H6/c1-10(2)13(11(3)17-5)15(9-16)8-12-6-14(4)7-12;1-2/h9-13H,6-8H2,1-5H3;1-2H3. The summed E-state index contributed by atoms with van der Waals surface area (Å²) in [7, 11) is 3.82. The van der Waals surface area contributed by atoms with Crippen LogP contribution in [-0.2, 0) is 9.53 Å². The highest BCUT2D eigenvalue weighted by Gasteiger charge is 2.31. The Balaban J connectivity index is 0.00000154. The lowest BCUT2D eigenvalue weighted by atomic mass is 9.94. The molecule has 1 fully saturated rings. The average Bonchev–Trinajstić information content (AvgIpc) is 2.37. The summed E-state index contributed by atoms with van der Waals surface area (Å²) in [5, 5.41) is 0. The van der Waals surface area contributed by atoms with Crippen LogP contribution in [0.1, 0.15) is 34.6 Å². The summed E-state index contributed by atoms with van der Waals surface area (Å²) in [4.78, 5) is 15.5. The highest BCUT2D eigenvalue weighted by Crippen LogP contribution is 2.20. The molecule has 0 aliphatic carbocycles. The van der Waals surface area contributed by atoms with Crippen molar-refractivity contribution >= 4 is 6.41 Å². The van der Waals surface area contributed by atoms with Crippen molar-refractivity contribution in [3.8, 4) is 0 Å². The number of nitrogens with zero attached hydrogens (tertiary/aromatic N) is 2. The molecule has 0 aromatic carbocycles. The zero-order valence-corrected chi connectivity index (χ0v) is 13.7. The maximum atomic E-state index is 11.3. The first kappa shape index (κ1) is 18.4. The monoisotopic (exact) mass is 272 g/mol. The number of ether oxygens (including phenoxy) is 1. The van der Waals surface area contributed by atoms with Crippen molar-refractivity contribution in [3.05, 3.63) is 0 Å². The Morgan fingerprint density at radius 3 is 2.16 bits per heavy atom. The number of carbonyl (C=O) groups excluding carboxylic acids is 1. The number of amides is 1. The highest BCUT2D eigenvalue weighted by atomic mass is 16.5. The summed E-state index contributed by atoms with van der Waals surface area (Å²) in [6, 6.07) is 0.170. The largest absolute Gasteiger partial charge is 0.380 e. The quantitative estimate of drug-likeness (QED) is 0.665. The second-order valence-electron chi connectivity index (χ2n) is 5.56. The topological polar surface area (TPSA) is 32.8 Å².